The largest absolute Gasteiger partial charge is 0.328 e. The second-order valence-corrected chi connectivity index (χ2v) is 2.73. The lowest BCUT2D eigenvalue weighted by molar-refractivity contribution is 0.469. The first-order chi connectivity index (χ1) is 3.66. The van der Waals surface area contributed by atoms with Crippen molar-refractivity contribution < 1.29 is 0 Å². The zero-order chi connectivity index (χ0) is 6.57. The zero-order valence-electron chi connectivity index (χ0n) is 6.15. The molecule has 0 spiro atoms. The Labute approximate surface area is 52.3 Å². The van der Waals surface area contributed by atoms with Crippen LogP contribution in [-0.4, -0.2) is 6.04 Å². The molecule has 0 aliphatic carbocycles. The molecule has 2 atom stereocenters. The molecule has 0 radical (unpaired) electrons. The molecule has 0 heterocycles. The van der Waals surface area contributed by atoms with Gasteiger partial charge >= 0.3 is 0 Å². The molecule has 50 valence electrons. The van der Waals surface area contributed by atoms with Crippen molar-refractivity contribution in [3.63, 3.8) is 0 Å². The van der Waals surface area contributed by atoms with E-state index in [1.165, 1.54) is 6.42 Å². The Bertz CT molecular complexity index is 50.3. The highest BCUT2D eigenvalue weighted by Crippen LogP contribution is 2.07. The molecule has 1 heteroatoms. The summed E-state index contributed by atoms with van der Waals surface area (Å²) >= 11 is 0. The van der Waals surface area contributed by atoms with Crippen molar-refractivity contribution in [1.82, 2.24) is 0 Å². The smallest absolute Gasteiger partial charge is 0.00130 e. The van der Waals surface area contributed by atoms with Crippen LogP contribution in [0.2, 0.25) is 0 Å². The second kappa shape index (κ2) is 3.90. The van der Waals surface area contributed by atoms with Crippen molar-refractivity contribution in [2.75, 3.05) is 0 Å². The first kappa shape index (κ1) is 7.96. The Kier molecular flexibility index (Phi) is 3.88. The van der Waals surface area contributed by atoms with E-state index in [0.717, 1.165) is 12.3 Å². The molecule has 0 saturated carbocycles. The summed E-state index contributed by atoms with van der Waals surface area (Å²) in [6, 6.07) is 0.380. The summed E-state index contributed by atoms with van der Waals surface area (Å²) in [6.07, 6.45) is 2.41. The quantitative estimate of drug-likeness (QED) is 0.596. The third-order valence-corrected chi connectivity index (χ3v) is 1.47. The van der Waals surface area contributed by atoms with E-state index in [1.54, 1.807) is 0 Å². The van der Waals surface area contributed by atoms with E-state index < -0.39 is 0 Å². The van der Waals surface area contributed by atoms with Crippen LogP contribution in [0.3, 0.4) is 0 Å². The van der Waals surface area contributed by atoms with E-state index in [2.05, 4.69) is 20.8 Å². The monoisotopic (exact) mass is 115 g/mol. The normalized spacial score (nSPS) is 18.0. The van der Waals surface area contributed by atoms with Gasteiger partial charge in [0.05, 0.1) is 0 Å². The molecular weight excluding hydrogens is 98.1 g/mol. The van der Waals surface area contributed by atoms with Crippen molar-refractivity contribution in [2.45, 2.75) is 39.7 Å². The van der Waals surface area contributed by atoms with Gasteiger partial charge < -0.3 is 5.73 Å². The standard InChI is InChI=1S/C7H17N/c1-4-6(2)5-7(3)8/h6-7H,4-5,8H2,1-3H3/t6-,7?/m1/s1. The van der Waals surface area contributed by atoms with Gasteiger partial charge in [-0.3, -0.25) is 0 Å². The molecule has 8 heavy (non-hydrogen) atoms. The fourth-order valence-electron chi connectivity index (χ4n) is 0.801. The minimum atomic E-state index is 0.380. The third kappa shape index (κ3) is 4.13. The van der Waals surface area contributed by atoms with Crippen LogP contribution in [0.5, 0.6) is 0 Å². The van der Waals surface area contributed by atoms with Gasteiger partial charge in [-0.2, -0.15) is 0 Å². The highest BCUT2D eigenvalue weighted by Gasteiger charge is 2.00. The van der Waals surface area contributed by atoms with Gasteiger partial charge in [0.1, 0.15) is 0 Å². The van der Waals surface area contributed by atoms with Gasteiger partial charge in [0.15, 0.2) is 0 Å². The summed E-state index contributed by atoms with van der Waals surface area (Å²) in [5, 5.41) is 0. The Balaban J connectivity index is 3.10. The van der Waals surface area contributed by atoms with Gasteiger partial charge in [-0.1, -0.05) is 20.3 Å². The number of nitrogens with two attached hydrogens (primary N) is 1. The van der Waals surface area contributed by atoms with Crippen LogP contribution in [0.1, 0.15) is 33.6 Å². The molecule has 0 bridgehead atoms. The SMILES string of the molecule is CC[C@@H](C)CC(C)N. The van der Waals surface area contributed by atoms with Gasteiger partial charge in [-0.15, -0.1) is 0 Å². The zero-order valence-corrected chi connectivity index (χ0v) is 6.15. The van der Waals surface area contributed by atoms with E-state index in [4.69, 9.17) is 5.73 Å². The molecule has 0 aromatic heterocycles. The van der Waals surface area contributed by atoms with Crippen LogP contribution in [0, 0.1) is 5.92 Å². The molecule has 0 aromatic carbocycles. The van der Waals surface area contributed by atoms with Crippen LogP contribution in [0.15, 0.2) is 0 Å². The van der Waals surface area contributed by atoms with Gasteiger partial charge in [-0.25, -0.2) is 0 Å². The van der Waals surface area contributed by atoms with Crippen molar-refractivity contribution >= 4 is 0 Å². The molecule has 0 amide bonds. The molecule has 0 rings (SSSR count). The van der Waals surface area contributed by atoms with Crippen molar-refractivity contribution in [1.29, 1.82) is 0 Å². The van der Waals surface area contributed by atoms with Crippen molar-refractivity contribution in [3.8, 4) is 0 Å². The van der Waals surface area contributed by atoms with E-state index in [9.17, 15) is 0 Å². The minimum absolute atomic E-state index is 0.380. The summed E-state index contributed by atoms with van der Waals surface area (Å²) < 4.78 is 0. The molecular formula is C7H17N. The summed E-state index contributed by atoms with van der Waals surface area (Å²) in [5.74, 6) is 0.801. The second-order valence-electron chi connectivity index (χ2n) is 2.73. The Morgan fingerprint density at radius 2 is 1.88 bits per heavy atom. The maximum Gasteiger partial charge on any atom is 0.00130 e. The fourth-order valence-corrected chi connectivity index (χ4v) is 0.801. The van der Waals surface area contributed by atoms with E-state index in [1.807, 2.05) is 0 Å². The first-order valence-corrected chi connectivity index (χ1v) is 3.42. The summed E-state index contributed by atoms with van der Waals surface area (Å²) in [5.41, 5.74) is 5.57. The highest BCUT2D eigenvalue weighted by molar-refractivity contribution is 4.57. The van der Waals surface area contributed by atoms with Crippen LogP contribution in [0.25, 0.3) is 0 Å². The minimum Gasteiger partial charge on any atom is -0.328 e. The Morgan fingerprint density at radius 1 is 1.38 bits per heavy atom. The average molecular weight is 115 g/mol. The summed E-state index contributed by atoms with van der Waals surface area (Å²) in [4.78, 5) is 0. The van der Waals surface area contributed by atoms with Crippen molar-refractivity contribution in [3.05, 3.63) is 0 Å². The summed E-state index contributed by atoms with van der Waals surface area (Å²) in [6.45, 7) is 6.50. The predicted octanol–water partition coefficient (Wildman–Crippen LogP) is 1.77. The Hall–Kier alpha value is -0.0400. The van der Waals surface area contributed by atoms with Crippen LogP contribution >= 0.6 is 0 Å². The van der Waals surface area contributed by atoms with Gasteiger partial charge in [0.2, 0.25) is 0 Å². The van der Waals surface area contributed by atoms with E-state index >= 15 is 0 Å². The van der Waals surface area contributed by atoms with Crippen LogP contribution in [0.4, 0.5) is 0 Å². The first-order valence-electron chi connectivity index (χ1n) is 3.42. The molecule has 0 aliphatic rings. The number of hydrogen-bond acceptors (Lipinski definition) is 1. The van der Waals surface area contributed by atoms with Gasteiger partial charge in [0, 0.05) is 6.04 Å². The topological polar surface area (TPSA) is 26.0 Å². The van der Waals surface area contributed by atoms with Crippen LogP contribution < -0.4 is 5.73 Å². The lowest BCUT2D eigenvalue weighted by Gasteiger charge is -2.09. The molecule has 1 unspecified atom stereocenters. The van der Waals surface area contributed by atoms with E-state index in [-0.39, 0.29) is 0 Å². The number of hydrogen-bond donors (Lipinski definition) is 1. The van der Waals surface area contributed by atoms with Gasteiger partial charge in [0.25, 0.3) is 0 Å². The molecule has 1 nitrogen and oxygen atoms in total. The maximum absolute atomic E-state index is 5.57. The lowest BCUT2D eigenvalue weighted by atomic mass is 10.0. The fraction of sp³-hybridized carbons (Fsp3) is 1.00. The molecule has 0 aliphatic heterocycles. The average Bonchev–Trinajstić information content (AvgIpc) is 1.65. The molecule has 0 saturated heterocycles. The Morgan fingerprint density at radius 3 is 2.00 bits per heavy atom. The summed E-state index contributed by atoms with van der Waals surface area (Å²) in [7, 11) is 0. The van der Waals surface area contributed by atoms with Gasteiger partial charge in [-0.05, 0) is 19.3 Å². The van der Waals surface area contributed by atoms with Crippen LogP contribution in [-0.2, 0) is 0 Å². The number of rotatable bonds is 3. The molecule has 2 N–H and O–H groups in total. The third-order valence-electron chi connectivity index (χ3n) is 1.47. The molecule has 0 fully saturated rings. The van der Waals surface area contributed by atoms with E-state index in [0.29, 0.717) is 6.04 Å². The van der Waals surface area contributed by atoms with Crippen molar-refractivity contribution in [2.24, 2.45) is 11.7 Å². The molecule has 0 aromatic rings. The predicted molar refractivity (Wildman–Crippen MR) is 37.7 cm³/mol. The lowest BCUT2D eigenvalue weighted by Crippen LogP contribution is -2.17. The maximum atomic E-state index is 5.57. The highest BCUT2D eigenvalue weighted by atomic mass is 14.6.